The van der Waals surface area contributed by atoms with E-state index in [0.29, 0.717) is 28.0 Å². The Labute approximate surface area is 245 Å². The molecule has 0 saturated heterocycles. The molecule has 4 N–H and O–H groups in total. The number of pyridine rings is 1. The van der Waals surface area contributed by atoms with Gasteiger partial charge in [0.05, 0.1) is 17.0 Å². The van der Waals surface area contributed by atoms with E-state index >= 15 is 0 Å². The van der Waals surface area contributed by atoms with Gasteiger partial charge in [0.15, 0.2) is 11.5 Å². The van der Waals surface area contributed by atoms with Crippen molar-refractivity contribution in [3.05, 3.63) is 136 Å². The van der Waals surface area contributed by atoms with E-state index in [0.717, 1.165) is 21.9 Å². The molecule has 0 bridgehead atoms. The number of carbonyl (C=O) groups excluding carboxylic acids is 1. The first kappa shape index (κ1) is 25.8. The first-order valence-corrected chi connectivity index (χ1v) is 13.7. The third-order valence-electron chi connectivity index (χ3n) is 7.45. The summed E-state index contributed by atoms with van der Waals surface area (Å²) in [4.78, 5) is 35.3. The smallest absolute Gasteiger partial charge is 0.264 e. The number of nitrogens with zero attached hydrogens (tertiary/aromatic N) is 4. The van der Waals surface area contributed by atoms with Crippen molar-refractivity contribution in [1.29, 1.82) is 0 Å². The Morgan fingerprint density at radius 1 is 0.977 bits per heavy atom. The fraction of sp³-hybridized carbons (Fsp3) is 0.0588. The molecule has 0 aliphatic carbocycles. The maximum Gasteiger partial charge on any atom is 0.264 e. The topological polar surface area (TPSA) is 123 Å². The number of aromatic nitrogens is 5. The van der Waals surface area contributed by atoms with E-state index in [1.54, 1.807) is 23.0 Å². The number of fused-ring (bicyclic) bond motifs is 3. The van der Waals surface area contributed by atoms with Gasteiger partial charge in [-0.05, 0) is 48.7 Å². The van der Waals surface area contributed by atoms with Gasteiger partial charge in [-0.1, -0.05) is 60.4 Å². The predicted molar refractivity (Wildman–Crippen MR) is 167 cm³/mol. The van der Waals surface area contributed by atoms with Gasteiger partial charge in [0.2, 0.25) is 0 Å². The van der Waals surface area contributed by atoms with Crippen molar-refractivity contribution in [1.82, 2.24) is 29.5 Å². The summed E-state index contributed by atoms with van der Waals surface area (Å²) in [6, 6.07) is 26.0. The fourth-order valence-electron chi connectivity index (χ4n) is 5.42. The Bertz CT molecular complexity index is 2300. The van der Waals surface area contributed by atoms with Gasteiger partial charge in [-0.25, -0.2) is 9.50 Å². The van der Waals surface area contributed by atoms with Crippen LogP contribution in [0, 0.1) is 11.8 Å². The van der Waals surface area contributed by atoms with Gasteiger partial charge >= 0.3 is 0 Å². The van der Waals surface area contributed by atoms with Gasteiger partial charge in [0, 0.05) is 46.4 Å². The molecule has 0 unspecified atom stereocenters. The zero-order valence-corrected chi connectivity index (χ0v) is 23.1. The zero-order valence-electron chi connectivity index (χ0n) is 23.1. The number of hydrogen-bond acceptors (Lipinski definition) is 5. The molecule has 1 atom stereocenters. The number of amides is 1. The number of hydrogen-bond donors (Lipinski definition) is 3. The van der Waals surface area contributed by atoms with E-state index < -0.39 is 11.9 Å². The summed E-state index contributed by atoms with van der Waals surface area (Å²) in [6.07, 6.45) is 5.13. The first-order valence-electron chi connectivity index (χ1n) is 13.7. The number of benzene rings is 3. The van der Waals surface area contributed by atoms with E-state index in [4.69, 9.17) is 5.73 Å². The van der Waals surface area contributed by atoms with E-state index in [9.17, 15) is 9.59 Å². The molecule has 9 heteroatoms. The molecule has 0 fully saturated rings. The summed E-state index contributed by atoms with van der Waals surface area (Å²) in [5.41, 5.74) is 10.1. The van der Waals surface area contributed by atoms with Crippen LogP contribution >= 0.6 is 0 Å². The Hall–Kier alpha value is -6.14. The van der Waals surface area contributed by atoms with Crippen LogP contribution in [0.15, 0.2) is 108 Å². The van der Waals surface area contributed by atoms with Crippen molar-refractivity contribution >= 4 is 39.0 Å². The standard InChI is InChI=1S/C34H25N7O2/c1-21(38-33(42)30-31(35)39-40-18-8-17-36-32(30)40)28-19-23-10-7-9-22(15-16-24-20-37-27-14-6-5-13-26(24)27)29(23)34(43)41(28)25-11-3-2-4-12-25/h2-14,17-21,37H,1H3,(H2,35,39)(H,38,42)/t21-/m0/s1. The number of H-pyrrole nitrogens is 1. The molecule has 0 aliphatic rings. The highest BCUT2D eigenvalue weighted by atomic mass is 16.2. The summed E-state index contributed by atoms with van der Waals surface area (Å²) in [7, 11) is 0. The number of nitrogens with one attached hydrogen (secondary N) is 2. The van der Waals surface area contributed by atoms with Crippen molar-refractivity contribution in [3.63, 3.8) is 0 Å². The van der Waals surface area contributed by atoms with Crippen LogP contribution in [0.5, 0.6) is 0 Å². The van der Waals surface area contributed by atoms with Gasteiger partial charge < -0.3 is 16.0 Å². The largest absolute Gasteiger partial charge is 0.381 e. The number of rotatable bonds is 4. The van der Waals surface area contributed by atoms with Crippen LogP contribution in [0.3, 0.4) is 0 Å². The highest BCUT2D eigenvalue weighted by molar-refractivity contribution is 6.04. The quantitative estimate of drug-likeness (QED) is 0.261. The van der Waals surface area contributed by atoms with Crippen LogP contribution in [0.1, 0.15) is 40.1 Å². The molecule has 0 radical (unpaired) electrons. The molecule has 4 heterocycles. The van der Waals surface area contributed by atoms with Crippen LogP contribution in [-0.2, 0) is 0 Å². The summed E-state index contributed by atoms with van der Waals surface area (Å²) in [5.74, 6) is 6.12. The highest BCUT2D eigenvalue weighted by Gasteiger charge is 2.24. The lowest BCUT2D eigenvalue weighted by Gasteiger charge is -2.21. The summed E-state index contributed by atoms with van der Waals surface area (Å²) in [6.45, 7) is 1.83. The maximum atomic E-state index is 14.3. The van der Waals surface area contributed by atoms with E-state index in [1.165, 1.54) is 4.52 Å². The molecular formula is C34H25N7O2. The third-order valence-corrected chi connectivity index (χ3v) is 7.45. The molecule has 9 nitrogen and oxygen atoms in total. The van der Waals surface area contributed by atoms with Gasteiger partial charge in [-0.3, -0.25) is 14.2 Å². The number of nitrogens with two attached hydrogens (primary N) is 1. The van der Waals surface area contributed by atoms with Crippen molar-refractivity contribution < 1.29 is 4.79 Å². The van der Waals surface area contributed by atoms with Crippen molar-refractivity contribution in [2.24, 2.45) is 0 Å². The first-order chi connectivity index (χ1) is 21.0. The molecule has 7 rings (SSSR count). The van der Waals surface area contributed by atoms with Crippen LogP contribution < -0.4 is 16.6 Å². The number of nitrogen functional groups attached to an aromatic ring is 1. The lowest BCUT2D eigenvalue weighted by atomic mass is 10.0. The molecule has 1 amide bonds. The second-order valence-electron chi connectivity index (χ2n) is 10.2. The molecule has 3 aromatic carbocycles. The minimum Gasteiger partial charge on any atom is -0.381 e. The maximum absolute atomic E-state index is 14.3. The Morgan fingerprint density at radius 2 is 1.77 bits per heavy atom. The monoisotopic (exact) mass is 563 g/mol. The fourth-order valence-corrected chi connectivity index (χ4v) is 5.42. The summed E-state index contributed by atoms with van der Waals surface area (Å²) < 4.78 is 3.09. The number of anilines is 1. The molecule has 0 spiro atoms. The summed E-state index contributed by atoms with van der Waals surface area (Å²) >= 11 is 0. The third kappa shape index (κ3) is 4.47. The van der Waals surface area contributed by atoms with E-state index in [1.807, 2.05) is 92.0 Å². The highest BCUT2D eigenvalue weighted by Crippen LogP contribution is 2.25. The van der Waals surface area contributed by atoms with E-state index in [-0.39, 0.29) is 16.9 Å². The van der Waals surface area contributed by atoms with Gasteiger partial charge in [0.1, 0.15) is 5.56 Å². The number of carbonyl (C=O) groups is 1. The minimum absolute atomic E-state index is 0.0702. The molecule has 0 aliphatic heterocycles. The summed E-state index contributed by atoms with van der Waals surface area (Å²) in [5, 5.41) is 9.44. The van der Waals surface area contributed by atoms with Crippen molar-refractivity contribution in [2.75, 3.05) is 5.73 Å². The van der Waals surface area contributed by atoms with Gasteiger partial charge in [0.25, 0.3) is 11.5 Å². The molecule has 208 valence electrons. The molecular weight excluding hydrogens is 538 g/mol. The Balaban J connectivity index is 1.35. The van der Waals surface area contributed by atoms with Gasteiger partial charge in [-0.2, -0.15) is 0 Å². The van der Waals surface area contributed by atoms with Crippen molar-refractivity contribution in [2.45, 2.75) is 13.0 Å². The van der Waals surface area contributed by atoms with Crippen LogP contribution in [0.4, 0.5) is 5.82 Å². The normalized spacial score (nSPS) is 11.8. The Morgan fingerprint density at radius 3 is 2.63 bits per heavy atom. The average molecular weight is 564 g/mol. The second-order valence-corrected chi connectivity index (χ2v) is 10.2. The van der Waals surface area contributed by atoms with E-state index in [2.05, 4.69) is 32.2 Å². The SMILES string of the molecule is C[C@H](NC(=O)c1c(N)nn2cccnc12)c1cc2cccc(C#Cc3c[nH]c4ccccc34)c2c(=O)n1-c1ccccc1. The van der Waals surface area contributed by atoms with Crippen molar-refractivity contribution in [3.8, 4) is 17.5 Å². The second kappa shape index (κ2) is 10.4. The lowest BCUT2D eigenvalue weighted by molar-refractivity contribution is 0.0941. The lowest BCUT2D eigenvalue weighted by Crippen LogP contribution is -2.32. The minimum atomic E-state index is -0.580. The molecule has 7 aromatic rings. The van der Waals surface area contributed by atoms with Crippen LogP contribution in [0.25, 0.3) is 33.0 Å². The average Bonchev–Trinajstić information content (AvgIpc) is 3.60. The zero-order chi connectivity index (χ0) is 29.5. The number of para-hydroxylation sites is 2. The number of aromatic amines is 1. The molecule has 0 saturated carbocycles. The van der Waals surface area contributed by atoms with Crippen LogP contribution in [0.2, 0.25) is 0 Å². The molecule has 4 aromatic heterocycles. The van der Waals surface area contributed by atoms with Gasteiger partial charge in [-0.15, -0.1) is 5.10 Å². The Kier molecular flexibility index (Phi) is 6.22. The molecule has 43 heavy (non-hydrogen) atoms. The predicted octanol–water partition coefficient (Wildman–Crippen LogP) is 4.99. The van der Waals surface area contributed by atoms with Crippen LogP contribution in [-0.4, -0.2) is 30.1 Å².